The molecule has 118 valence electrons. The van der Waals surface area contributed by atoms with Gasteiger partial charge in [0, 0.05) is 24.7 Å². The fourth-order valence-electron chi connectivity index (χ4n) is 2.44. The van der Waals surface area contributed by atoms with Crippen molar-refractivity contribution in [2.75, 3.05) is 34.5 Å². The van der Waals surface area contributed by atoms with Crippen molar-refractivity contribution in [3.8, 4) is 28.7 Å². The van der Waals surface area contributed by atoms with Gasteiger partial charge in [-0.15, -0.1) is 0 Å². The van der Waals surface area contributed by atoms with E-state index in [1.165, 1.54) is 0 Å². The molecule has 2 heterocycles. The lowest BCUT2D eigenvalue weighted by atomic mass is 10.1. The van der Waals surface area contributed by atoms with Gasteiger partial charge in [-0.1, -0.05) is 5.16 Å². The zero-order valence-electron chi connectivity index (χ0n) is 12.8. The lowest BCUT2D eigenvalue weighted by Gasteiger charge is -2.11. The number of hydrogen-bond acceptors (Lipinski definition) is 7. The Balaban J connectivity index is 1.99. The largest absolute Gasteiger partial charge is 0.496 e. The van der Waals surface area contributed by atoms with E-state index in [4.69, 9.17) is 23.5 Å². The normalized spacial score (nSPS) is 17.5. The highest BCUT2D eigenvalue weighted by atomic mass is 16.5. The summed E-state index contributed by atoms with van der Waals surface area (Å²) < 4.78 is 26.7. The molecule has 1 fully saturated rings. The molecule has 2 aromatic rings. The van der Waals surface area contributed by atoms with E-state index in [-0.39, 0.29) is 5.92 Å². The highest BCUT2D eigenvalue weighted by Crippen LogP contribution is 2.39. The SMILES string of the molecule is COc1cc(OC)c(-c2nc([C@H]3CCOC3)no2)cc1OC. The van der Waals surface area contributed by atoms with Gasteiger partial charge in [-0.2, -0.15) is 4.98 Å². The van der Waals surface area contributed by atoms with Crippen molar-refractivity contribution in [2.45, 2.75) is 12.3 Å². The minimum absolute atomic E-state index is 0.184. The third-order valence-corrected chi connectivity index (χ3v) is 3.67. The van der Waals surface area contributed by atoms with Gasteiger partial charge in [0.1, 0.15) is 5.75 Å². The molecule has 1 aromatic carbocycles. The summed E-state index contributed by atoms with van der Waals surface area (Å²) in [6.07, 6.45) is 0.905. The first-order valence-corrected chi connectivity index (χ1v) is 6.98. The molecule has 0 bridgehead atoms. The van der Waals surface area contributed by atoms with Crippen LogP contribution in [-0.4, -0.2) is 44.7 Å². The number of hydrogen-bond donors (Lipinski definition) is 0. The van der Waals surface area contributed by atoms with Gasteiger partial charge < -0.3 is 23.5 Å². The van der Waals surface area contributed by atoms with Gasteiger partial charge in [0.25, 0.3) is 5.89 Å². The Bertz CT molecular complexity index is 649. The van der Waals surface area contributed by atoms with Gasteiger partial charge in [0.15, 0.2) is 17.3 Å². The van der Waals surface area contributed by atoms with Gasteiger partial charge in [0.05, 0.1) is 33.5 Å². The van der Waals surface area contributed by atoms with Crippen molar-refractivity contribution in [1.82, 2.24) is 10.1 Å². The number of methoxy groups -OCH3 is 3. The fraction of sp³-hybridized carbons (Fsp3) is 0.467. The van der Waals surface area contributed by atoms with Crippen LogP contribution in [0.1, 0.15) is 18.2 Å². The summed E-state index contributed by atoms with van der Waals surface area (Å²) in [5.41, 5.74) is 0.665. The smallest absolute Gasteiger partial charge is 0.261 e. The second kappa shape index (κ2) is 6.23. The molecule has 7 heteroatoms. The maximum atomic E-state index is 5.39. The molecule has 7 nitrogen and oxygen atoms in total. The van der Waals surface area contributed by atoms with Crippen molar-refractivity contribution in [3.63, 3.8) is 0 Å². The highest BCUT2D eigenvalue weighted by molar-refractivity contribution is 5.68. The summed E-state index contributed by atoms with van der Waals surface area (Å²) >= 11 is 0. The molecular formula is C15H18N2O5. The van der Waals surface area contributed by atoms with Gasteiger partial charge in [-0.3, -0.25) is 0 Å². The second-order valence-electron chi connectivity index (χ2n) is 4.93. The van der Waals surface area contributed by atoms with E-state index in [1.807, 2.05) is 0 Å². The minimum Gasteiger partial charge on any atom is -0.496 e. The molecule has 1 aliphatic rings. The third kappa shape index (κ3) is 2.59. The van der Waals surface area contributed by atoms with E-state index in [1.54, 1.807) is 33.5 Å². The molecule has 1 aliphatic heterocycles. The van der Waals surface area contributed by atoms with Gasteiger partial charge >= 0.3 is 0 Å². The van der Waals surface area contributed by atoms with Crippen molar-refractivity contribution < 1.29 is 23.5 Å². The Morgan fingerprint density at radius 2 is 1.77 bits per heavy atom. The maximum Gasteiger partial charge on any atom is 0.261 e. The summed E-state index contributed by atoms with van der Waals surface area (Å²) in [6, 6.07) is 3.50. The lowest BCUT2D eigenvalue weighted by Crippen LogP contribution is -2.00. The molecule has 22 heavy (non-hydrogen) atoms. The minimum atomic E-state index is 0.184. The maximum absolute atomic E-state index is 5.39. The molecule has 3 rings (SSSR count). The van der Waals surface area contributed by atoms with E-state index in [0.29, 0.717) is 41.1 Å². The van der Waals surface area contributed by atoms with Crippen LogP contribution >= 0.6 is 0 Å². The Hall–Kier alpha value is -2.28. The van der Waals surface area contributed by atoms with Crippen molar-refractivity contribution >= 4 is 0 Å². The van der Waals surface area contributed by atoms with Crippen molar-refractivity contribution in [1.29, 1.82) is 0 Å². The third-order valence-electron chi connectivity index (χ3n) is 3.67. The standard InChI is InChI=1S/C15H18N2O5/c1-18-11-7-13(20-3)12(19-2)6-10(11)15-16-14(17-22-15)9-4-5-21-8-9/h6-7,9H,4-5,8H2,1-3H3/t9-/m0/s1. The molecule has 0 saturated carbocycles. The summed E-state index contributed by atoms with van der Waals surface area (Å²) in [4.78, 5) is 4.47. The van der Waals surface area contributed by atoms with E-state index in [9.17, 15) is 0 Å². The van der Waals surface area contributed by atoms with E-state index < -0.39 is 0 Å². The molecule has 0 N–H and O–H groups in total. The Morgan fingerprint density at radius 3 is 2.41 bits per heavy atom. The van der Waals surface area contributed by atoms with Crippen LogP contribution in [0.25, 0.3) is 11.5 Å². The number of ether oxygens (including phenoxy) is 4. The van der Waals surface area contributed by atoms with Crippen LogP contribution in [0.5, 0.6) is 17.2 Å². The van der Waals surface area contributed by atoms with Gasteiger partial charge in [-0.25, -0.2) is 0 Å². The summed E-state index contributed by atoms with van der Waals surface area (Å²) in [5, 5.41) is 4.05. The molecule has 1 aromatic heterocycles. The van der Waals surface area contributed by atoms with Crippen molar-refractivity contribution in [2.24, 2.45) is 0 Å². The molecule has 1 atom stereocenters. The van der Waals surface area contributed by atoms with Crippen LogP contribution in [0.3, 0.4) is 0 Å². The Morgan fingerprint density at radius 1 is 1.05 bits per heavy atom. The predicted molar refractivity (Wildman–Crippen MR) is 77.6 cm³/mol. The molecule has 0 unspecified atom stereocenters. The Labute approximate surface area is 128 Å². The average molecular weight is 306 g/mol. The van der Waals surface area contributed by atoms with E-state index in [0.717, 1.165) is 13.0 Å². The number of rotatable bonds is 5. The van der Waals surface area contributed by atoms with Crippen LogP contribution in [0, 0.1) is 0 Å². The predicted octanol–water partition coefficient (Wildman–Crippen LogP) is 2.27. The average Bonchev–Trinajstić information content (AvgIpc) is 3.24. The van der Waals surface area contributed by atoms with Crippen LogP contribution in [0.15, 0.2) is 16.7 Å². The highest BCUT2D eigenvalue weighted by Gasteiger charge is 2.25. The van der Waals surface area contributed by atoms with E-state index >= 15 is 0 Å². The molecule has 0 aliphatic carbocycles. The molecule has 0 amide bonds. The summed E-state index contributed by atoms with van der Waals surface area (Å²) in [7, 11) is 4.72. The topological polar surface area (TPSA) is 75.8 Å². The van der Waals surface area contributed by atoms with Crippen LogP contribution in [-0.2, 0) is 4.74 Å². The molecule has 0 spiro atoms. The summed E-state index contributed by atoms with van der Waals surface area (Å²) in [6.45, 7) is 1.36. The van der Waals surface area contributed by atoms with Crippen LogP contribution in [0.2, 0.25) is 0 Å². The number of nitrogens with zero attached hydrogens (tertiary/aromatic N) is 2. The molecule has 1 saturated heterocycles. The second-order valence-corrected chi connectivity index (χ2v) is 4.93. The lowest BCUT2D eigenvalue weighted by molar-refractivity contribution is 0.192. The Kier molecular flexibility index (Phi) is 4.15. The molecule has 0 radical (unpaired) electrons. The first-order valence-electron chi connectivity index (χ1n) is 6.98. The quantitative estimate of drug-likeness (QED) is 0.838. The van der Waals surface area contributed by atoms with Crippen LogP contribution < -0.4 is 14.2 Å². The van der Waals surface area contributed by atoms with Gasteiger partial charge in [-0.05, 0) is 6.42 Å². The molecular weight excluding hydrogens is 288 g/mol. The van der Waals surface area contributed by atoms with E-state index in [2.05, 4.69) is 10.1 Å². The zero-order valence-corrected chi connectivity index (χ0v) is 12.8. The van der Waals surface area contributed by atoms with Crippen LogP contribution in [0.4, 0.5) is 0 Å². The first kappa shape index (κ1) is 14.6. The number of aromatic nitrogens is 2. The monoisotopic (exact) mass is 306 g/mol. The zero-order chi connectivity index (χ0) is 15.5. The first-order chi connectivity index (χ1) is 10.8. The number of benzene rings is 1. The van der Waals surface area contributed by atoms with Crippen molar-refractivity contribution in [3.05, 3.63) is 18.0 Å². The van der Waals surface area contributed by atoms with Gasteiger partial charge in [0.2, 0.25) is 0 Å². The summed E-state index contributed by atoms with van der Waals surface area (Å²) in [5.74, 6) is 2.96. The fourth-order valence-corrected chi connectivity index (χ4v) is 2.44.